The fourth-order valence-corrected chi connectivity index (χ4v) is 1.60. The predicted octanol–water partition coefficient (Wildman–Crippen LogP) is 2.20. The van der Waals surface area contributed by atoms with Crippen LogP contribution in [-0.4, -0.2) is 24.6 Å². The quantitative estimate of drug-likeness (QED) is 0.854. The van der Waals surface area contributed by atoms with Crippen LogP contribution in [0, 0.1) is 5.92 Å². The van der Waals surface area contributed by atoms with Gasteiger partial charge in [-0.05, 0) is 18.1 Å². The summed E-state index contributed by atoms with van der Waals surface area (Å²) in [6.07, 6.45) is 0.315. The molecule has 1 aromatic rings. The van der Waals surface area contributed by atoms with Crippen molar-refractivity contribution in [3.8, 4) is 17.2 Å². The second kappa shape index (κ2) is 5.27. The van der Waals surface area contributed by atoms with Gasteiger partial charge in [-0.15, -0.1) is 0 Å². The average Bonchev–Trinajstić information content (AvgIpc) is 2.75. The van der Waals surface area contributed by atoms with Gasteiger partial charge < -0.3 is 19.3 Å². The number of benzene rings is 1. The molecule has 0 aliphatic carbocycles. The van der Waals surface area contributed by atoms with Crippen LogP contribution in [0.1, 0.15) is 20.3 Å². The minimum atomic E-state index is -0.316. The van der Waals surface area contributed by atoms with Crippen LogP contribution in [-0.2, 0) is 0 Å². The number of aliphatic hydroxyl groups is 1. The average molecular weight is 238 g/mol. The zero-order valence-corrected chi connectivity index (χ0v) is 10.2. The molecule has 1 heterocycles. The Kier molecular flexibility index (Phi) is 3.74. The molecule has 1 aliphatic rings. The summed E-state index contributed by atoms with van der Waals surface area (Å²) in [5, 5.41) is 9.63. The maximum absolute atomic E-state index is 9.63. The molecule has 0 fully saturated rings. The Morgan fingerprint density at radius 2 is 2.06 bits per heavy atom. The third-order valence-corrected chi connectivity index (χ3v) is 2.80. The predicted molar refractivity (Wildman–Crippen MR) is 63.5 cm³/mol. The Morgan fingerprint density at radius 1 is 1.29 bits per heavy atom. The molecule has 1 aromatic carbocycles. The standard InChI is InChI=1S/C13H18O4/c1-9(2)11(14)5-6-15-10-3-4-12-13(7-10)17-8-16-12/h3-4,7,9,11,14H,5-6,8H2,1-2H3. The molecule has 0 aromatic heterocycles. The molecule has 1 aliphatic heterocycles. The molecule has 1 unspecified atom stereocenters. The SMILES string of the molecule is CC(C)C(O)CCOc1ccc2c(c1)OCO2. The maximum Gasteiger partial charge on any atom is 0.231 e. The van der Waals surface area contributed by atoms with Crippen LogP contribution in [0.25, 0.3) is 0 Å². The van der Waals surface area contributed by atoms with Crippen molar-refractivity contribution in [2.75, 3.05) is 13.4 Å². The van der Waals surface area contributed by atoms with E-state index >= 15 is 0 Å². The smallest absolute Gasteiger partial charge is 0.231 e. The van der Waals surface area contributed by atoms with Crippen molar-refractivity contribution >= 4 is 0 Å². The summed E-state index contributed by atoms with van der Waals surface area (Å²) in [5.41, 5.74) is 0. The van der Waals surface area contributed by atoms with Crippen molar-refractivity contribution < 1.29 is 19.3 Å². The zero-order chi connectivity index (χ0) is 12.3. The van der Waals surface area contributed by atoms with E-state index in [2.05, 4.69) is 0 Å². The molecule has 1 N–H and O–H groups in total. The molecule has 0 saturated carbocycles. The van der Waals surface area contributed by atoms with E-state index in [9.17, 15) is 5.11 Å². The van der Waals surface area contributed by atoms with E-state index in [1.165, 1.54) is 0 Å². The van der Waals surface area contributed by atoms with Gasteiger partial charge in [0.1, 0.15) is 5.75 Å². The fraction of sp³-hybridized carbons (Fsp3) is 0.538. The van der Waals surface area contributed by atoms with Crippen molar-refractivity contribution in [2.24, 2.45) is 5.92 Å². The molecule has 94 valence electrons. The Balaban J connectivity index is 1.83. The lowest BCUT2D eigenvalue weighted by Gasteiger charge is -2.14. The first kappa shape index (κ1) is 12.0. The summed E-state index contributed by atoms with van der Waals surface area (Å²) in [6.45, 7) is 4.75. The second-order valence-electron chi connectivity index (χ2n) is 4.46. The minimum Gasteiger partial charge on any atom is -0.493 e. The van der Waals surface area contributed by atoms with Gasteiger partial charge in [0, 0.05) is 12.5 Å². The zero-order valence-electron chi connectivity index (χ0n) is 10.2. The molecule has 4 heteroatoms. The number of rotatable bonds is 5. The van der Waals surface area contributed by atoms with Crippen LogP contribution in [0.3, 0.4) is 0 Å². The molecule has 17 heavy (non-hydrogen) atoms. The van der Waals surface area contributed by atoms with Gasteiger partial charge in [-0.1, -0.05) is 13.8 Å². The van der Waals surface area contributed by atoms with Crippen LogP contribution in [0.15, 0.2) is 18.2 Å². The van der Waals surface area contributed by atoms with Gasteiger partial charge in [0.05, 0.1) is 12.7 Å². The summed E-state index contributed by atoms with van der Waals surface area (Å²) in [7, 11) is 0. The van der Waals surface area contributed by atoms with Gasteiger partial charge in [0.2, 0.25) is 6.79 Å². The molecule has 0 bridgehead atoms. The topological polar surface area (TPSA) is 47.9 Å². The first-order chi connectivity index (χ1) is 8.16. The third kappa shape index (κ3) is 3.03. The highest BCUT2D eigenvalue weighted by Crippen LogP contribution is 2.35. The molecule has 0 radical (unpaired) electrons. The van der Waals surface area contributed by atoms with Gasteiger partial charge >= 0.3 is 0 Å². The second-order valence-corrected chi connectivity index (χ2v) is 4.46. The normalized spacial score (nSPS) is 15.1. The van der Waals surface area contributed by atoms with E-state index in [1.807, 2.05) is 32.0 Å². The van der Waals surface area contributed by atoms with E-state index in [-0.39, 0.29) is 18.8 Å². The van der Waals surface area contributed by atoms with Crippen molar-refractivity contribution in [1.29, 1.82) is 0 Å². The fourth-order valence-electron chi connectivity index (χ4n) is 1.60. The Bertz CT molecular complexity index is 376. The molecule has 0 spiro atoms. The van der Waals surface area contributed by atoms with Gasteiger partial charge in [0.25, 0.3) is 0 Å². The Labute approximate surface area is 101 Å². The van der Waals surface area contributed by atoms with Gasteiger partial charge in [-0.3, -0.25) is 0 Å². The van der Waals surface area contributed by atoms with E-state index in [1.54, 1.807) is 0 Å². The minimum absolute atomic E-state index is 0.260. The highest BCUT2D eigenvalue weighted by Gasteiger charge is 2.14. The monoisotopic (exact) mass is 238 g/mol. The van der Waals surface area contributed by atoms with Crippen LogP contribution in [0.4, 0.5) is 0 Å². The molecule has 2 rings (SSSR count). The number of ether oxygens (including phenoxy) is 3. The largest absolute Gasteiger partial charge is 0.493 e. The maximum atomic E-state index is 9.63. The van der Waals surface area contributed by atoms with E-state index in [0.717, 1.165) is 11.5 Å². The summed E-state index contributed by atoms with van der Waals surface area (Å²) >= 11 is 0. The van der Waals surface area contributed by atoms with Crippen molar-refractivity contribution in [3.63, 3.8) is 0 Å². The summed E-state index contributed by atoms with van der Waals surface area (Å²) in [5.74, 6) is 2.46. The Morgan fingerprint density at radius 3 is 2.82 bits per heavy atom. The van der Waals surface area contributed by atoms with Gasteiger partial charge in [-0.2, -0.15) is 0 Å². The van der Waals surface area contributed by atoms with Crippen LogP contribution < -0.4 is 14.2 Å². The van der Waals surface area contributed by atoms with Crippen LogP contribution in [0.5, 0.6) is 17.2 Å². The number of hydrogen-bond donors (Lipinski definition) is 1. The number of fused-ring (bicyclic) bond motifs is 1. The van der Waals surface area contributed by atoms with E-state index in [0.29, 0.717) is 18.8 Å². The van der Waals surface area contributed by atoms with Crippen molar-refractivity contribution in [3.05, 3.63) is 18.2 Å². The van der Waals surface area contributed by atoms with Gasteiger partial charge in [0.15, 0.2) is 11.5 Å². The highest BCUT2D eigenvalue weighted by molar-refractivity contribution is 5.46. The number of aliphatic hydroxyl groups excluding tert-OH is 1. The highest BCUT2D eigenvalue weighted by atomic mass is 16.7. The summed E-state index contributed by atoms with van der Waals surface area (Å²) in [4.78, 5) is 0. The lowest BCUT2D eigenvalue weighted by atomic mass is 10.1. The van der Waals surface area contributed by atoms with Gasteiger partial charge in [-0.25, -0.2) is 0 Å². The molecule has 0 amide bonds. The molecule has 0 saturated heterocycles. The van der Waals surface area contributed by atoms with E-state index < -0.39 is 0 Å². The first-order valence-electron chi connectivity index (χ1n) is 5.87. The number of hydrogen-bond acceptors (Lipinski definition) is 4. The van der Waals surface area contributed by atoms with Crippen molar-refractivity contribution in [2.45, 2.75) is 26.4 Å². The summed E-state index contributed by atoms with van der Waals surface area (Å²) in [6, 6.07) is 5.48. The lowest BCUT2D eigenvalue weighted by Crippen LogP contribution is -2.17. The van der Waals surface area contributed by atoms with Crippen LogP contribution >= 0.6 is 0 Å². The van der Waals surface area contributed by atoms with Crippen molar-refractivity contribution in [1.82, 2.24) is 0 Å². The molecular weight excluding hydrogens is 220 g/mol. The third-order valence-electron chi connectivity index (χ3n) is 2.80. The Hall–Kier alpha value is -1.42. The summed E-state index contributed by atoms with van der Waals surface area (Å²) < 4.78 is 16.0. The molecular formula is C13H18O4. The van der Waals surface area contributed by atoms with Crippen LogP contribution in [0.2, 0.25) is 0 Å². The molecule has 4 nitrogen and oxygen atoms in total. The lowest BCUT2D eigenvalue weighted by molar-refractivity contribution is 0.0976. The first-order valence-corrected chi connectivity index (χ1v) is 5.87. The van der Waals surface area contributed by atoms with E-state index in [4.69, 9.17) is 14.2 Å². The molecule has 1 atom stereocenters.